The molecule has 3 rings (SSSR count). The van der Waals surface area contributed by atoms with Crippen LogP contribution < -0.4 is 4.74 Å². The van der Waals surface area contributed by atoms with Gasteiger partial charge in [-0.15, -0.1) is 0 Å². The molecule has 0 aliphatic heterocycles. The van der Waals surface area contributed by atoms with E-state index in [1.807, 2.05) is 68.4 Å². The van der Waals surface area contributed by atoms with Crippen LogP contribution in [0.5, 0.6) is 5.75 Å². The molecular weight excluding hydrogens is 469 g/mol. The van der Waals surface area contributed by atoms with Gasteiger partial charge in [-0.1, -0.05) is 42.4 Å². The molecular formula is C21H22IN3O3. The topological polar surface area (TPSA) is 68.5 Å². The maximum absolute atomic E-state index is 12.8. The zero-order valence-electron chi connectivity index (χ0n) is 15.8. The lowest BCUT2D eigenvalue weighted by Gasteiger charge is -2.27. The van der Waals surface area contributed by atoms with Crippen molar-refractivity contribution in [2.75, 3.05) is 6.61 Å². The highest BCUT2D eigenvalue weighted by Gasteiger charge is 2.22. The molecule has 0 saturated heterocycles. The fraction of sp³-hybridized carbons (Fsp3) is 0.286. The Bertz CT molecular complexity index is 897. The molecule has 0 aliphatic carbocycles. The summed E-state index contributed by atoms with van der Waals surface area (Å²) in [5.74, 6) is 1.47. The third-order valence-electron chi connectivity index (χ3n) is 4.42. The number of rotatable bonds is 8. The van der Waals surface area contributed by atoms with Gasteiger partial charge in [0.25, 0.3) is 5.91 Å². The molecule has 1 atom stereocenters. The molecule has 0 bridgehead atoms. The zero-order valence-corrected chi connectivity index (χ0v) is 18.0. The van der Waals surface area contributed by atoms with Gasteiger partial charge >= 0.3 is 0 Å². The third-order valence-corrected chi connectivity index (χ3v) is 5.14. The van der Waals surface area contributed by atoms with E-state index < -0.39 is 0 Å². The molecule has 7 heteroatoms. The van der Waals surface area contributed by atoms with Crippen molar-refractivity contribution in [1.29, 1.82) is 0 Å². The number of hydrogen-bond donors (Lipinski definition) is 0. The molecule has 1 heterocycles. The van der Waals surface area contributed by atoms with Gasteiger partial charge in [0, 0.05) is 15.2 Å². The van der Waals surface area contributed by atoms with Gasteiger partial charge in [-0.2, -0.15) is 4.98 Å². The standard InChI is InChI=1S/C21H22IN3O3/c1-3-15(2)25(20(26)14-27-18-11-9-17(22)10-12-18)13-19-23-21(24-28-19)16-7-5-4-6-8-16/h4-12,15H,3,13-14H2,1-2H3. The van der Waals surface area contributed by atoms with Crippen LogP contribution >= 0.6 is 22.6 Å². The minimum atomic E-state index is -0.118. The van der Waals surface area contributed by atoms with E-state index in [4.69, 9.17) is 9.26 Å². The van der Waals surface area contributed by atoms with Gasteiger partial charge in [-0.25, -0.2) is 0 Å². The van der Waals surface area contributed by atoms with Gasteiger partial charge in [0.05, 0.1) is 0 Å². The molecule has 0 spiro atoms. The van der Waals surface area contributed by atoms with E-state index in [0.29, 0.717) is 17.5 Å². The van der Waals surface area contributed by atoms with Crippen LogP contribution in [-0.4, -0.2) is 33.6 Å². The van der Waals surface area contributed by atoms with E-state index in [1.54, 1.807) is 4.90 Å². The van der Waals surface area contributed by atoms with Crippen LogP contribution in [0.4, 0.5) is 0 Å². The predicted molar refractivity (Wildman–Crippen MR) is 115 cm³/mol. The first kappa shape index (κ1) is 20.3. The minimum Gasteiger partial charge on any atom is -0.484 e. The second kappa shape index (κ2) is 9.68. The summed E-state index contributed by atoms with van der Waals surface area (Å²) in [4.78, 5) is 18.9. The van der Waals surface area contributed by atoms with Gasteiger partial charge in [-0.3, -0.25) is 4.79 Å². The molecule has 0 aliphatic rings. The molecule has 6 nitrogen and oxygen atoms in total. The molecule has 1 unspecified atom stereocenters. The lowest BCUT2D eigenvalue weighted by atomic mass is 10.2. The van der Waals surface area contributed by atoms with E-state index in [-0.39, 0.29) is 25.1 Å². The molecule has 28 heavy (non-hydrogen) atoms. The average molecular weight is 491 g/mol. The Morgan fingerprint density at radius 3 is 2.57 bits per heavy atom. The first-order valence-electron chi connectivity index (χ1n) is 9.12. The summed E-state index contributed by atoms with van der Waals surface area (Å²) >= 11 is 2.23. The van der Waals surface area contributed by atoms with Crippen molar-refractivity contribution in [3.8, 4) is 17.1 Å². The molecule has 0 fully saturated rings. The van der Waals surface area contributed by atoms with Crippen molar-refractivity contribution >= 4 is 28.5 Å². The lowest BCUT2D eigenvalue weighted by molar-refractivity contribution is -0.136. The number of carbonyl (C=O) groups is 1. The van der Waals surface area contributed by atoms with Crippen LogP contribution in [0.3, 0.4) is 0 Å². The second-order valence-electron chi connectivity index (χ2n) is 6.40. The number of hydrogen-bond acceptors (Lipinski definition) is 5. The molecule has 1 aromatic heterocycles. The Balaban J connectivity index is 1.67. The first-order chi connectivity index (χ1) is 13.6. The fourth-order valence-corrected chi connectivity index (χ4v) is 3.00. The van der Waals surface area contributed by atoms with Gasteiger partial charge in [0.1, 0.15) is 12.3 Å². The molecule has 3 aromatic rings. The van der Waals surface area contributed by atoms with E-state index in [9.17, 15) is 4.79 Å². The van der Waals surface area contributed by atoms with Crippen LogP contribution in [0.2, 0.25) is 0 Å². The summed E-state index contributed by atoms with van der Waals surface area (Å²) in [6.07, 6.45) is 0.814. The Morgan fingerprint density at radius 1 is 1.18 bits per heavy atom. The minimum absolute atomic E-state index is 0.0277. The Labute approximate surface area is 178 Å². The highest BCUT2D eigenvalue weighted by atomic mass is 127. The summed E-state index contributed by atoms with van der Waals surface area (Å²) in [7, 11) is 0. The number of ether oxygens (including phenoxy) is 1. The van der Waals surface area contributed by atoms with Crippen LogP contribution in [0.15, 0.2) is 59.1 Å². The monoisotopic (exact) mass is 491 g/mol. The number of halogens is 1. The number of aromatic nitrogens is 2. The Hall–Kier alpha value is -2.42. The molecule has 146 valence electrons. The predicted octanol–water partition coefficient (Wildman–Crippen LogP) is 4.55. The van der Waals surface area contributed by atoms with Gasteiger partial charge in [0.2, 0.25) is 11.7 Å². The Kier molecular flexibility index (Phi) is 7.02. The summed E-state index contributed by atoms with van der Waals surface area (Å²) in [5.41, 5.74) is 0.876. The van der Waals surface area contributed by atoms with Gasteiger partial charge < -0.3 is 14.2 Å². The lowest BCUT2D eigenvalue weighted by Crippen LogP contribution is -2.40. The van der Waals surface area contributed by atoms with Crippen molar-refractivity contribution < 1.29 is 14.1 Å². The van der Waals surface area contributed by atoms with Crippen LogP contribution in [-0.2, 0) is 11.3 Å². The normalized spacial score (nSPS) is 11.8. The van der Waals surface area contributed by atoms with E-state index in [0.717, 1.165) is 15.6 Å². The zero-order chi connectivity index (χ0) is 19.9. The first-order valence-corrected chi connectivity index (χ1v) is 10.2. The van der Waals surface area contributed by atoms with Crippen LogP contribution in [0.1, 0.15) is 26.2 Å². The van der Waals surface area contributed by atoms with Crippen LogP contribution in [0.25, 0.3) is 11.4 Å². The Morgan fingerprint density at radius 2 is 1.89 bits per heavy atom. The van der Waals surface area contributed by atoms with E-state index in [2.05, 4.69) is 32.7 Å². The third kappa shape index (κ3) is 5.31. The molecule has 1 amide bonds. The number of benzene rings is 2. The van der Waals surface area contributed by atoms with Crippen molar-refractivity contribution in [2.24, 2.45) is 0 Å². The summed E-state index contributed by atoms with van der Waals surface area (Å²) in [6.45, 7) is 4.25. The largest absolute Gasteiger partial charge is 0.484 e. The maximum Gasteiger partial charge on any atom is 0.261 e. The number of nitrogens with zero attached hydrogens (tertiary/aromatic N) is 3. The smallest absolute Gasteiger partial charge is 0.261 e. The number of amides is 1. The average Bonchev–Trinajstić information content (AvgIpc) is 3.20. The second-order valence-corrected chi connectivity index (χ2v) is 7.64. The summed E-state index contributed by atoms with van der Waals surface area (Å²) < 4.78 is 12.1. The van der Waals surface area contributed by atoms with Crippen molar-refractivity contribution in [2.45, 2.75) is 32.9 Å². The SMILES string of the molecule is CCC(C)N(Cc1nc(-c2ccccc2)no1)C(=O)COc1ccc(I)cc1. The highest BCUT2D eigenvalue weighted by Crippen LogP contribution is 2.18. The van der Waals surface area contributed by atoms with Crippen molar-refractivity contribution in [3.05, 3.63) is 64.1 Å². The number of carbonyl (C=O) groups excluding carboxylic acids is 1. The summed E-state index contributed by atoms with van der Waals surface area (Å²) in [6, 6.07) is 17.2. The van der Waals surface area contributed by atoms with Crippen molar-refractivity contribution in [3.63, 3.8) is 0 Å². The quantitative estimate of drug-likeness (QED) is 0.433. The molecule has 0 N–H and O–H groups in total. The maximum atomic E-state index is 12.8. The van der Waals surface area contributed by atoms with Crippen molar-refractivity contribution in [1.82, 2.24) is 15.0 Å². The molecule has 0 saturated carbocycles. The van der Waals surface area contributed by atoms with E-state index in [1.165, 1.54) is 0 Å². The van der Waals surface area contributed by atoms with E-state index >= 15 is 0 Å². The highest BCUT2D eigenvalue weighted by molar-refractivity contribution is 14.1. The fourth-order valence-electron chi connectivity index (χ4n) is 2.64. The van der Waals surface area contributed by atoms with Gasteiger partial charge in [-0.05, 0) is 60.2 Å². The summed E-state index contributed by atoms with van der Waals surface area (Å²) in [5, 5.41) is 4.03. The molecule has 2 aromatic carbocycles. The molecule has 0 radical (unpaired) electrons. The van der Waals surface area contributed by atoms with Crippen LogP contribution in [0, 0.1) is 3.57 Å². The van der Waals surface area contributed by atoms with Gasteiger partial charge in [0.15, 0.2) is 6.61 Å².